The van der Waals surface area contributed by atoms with Crippen LogP contribution in [-0.2, 0) is 4.74 Å². The highest BCUT2D eigenvalue weighted by atomic mass is 79.9. The van der Waals surface area contributed by atoms with Crippen molar-refractivity contribution in [2.45, 2.75) is 37.8 Å². The molecule has 0 spiro atoms. The standard InChI is InChI=1S/C14H20BrNO2/c1-17-14-7-4-10(9-12(14)15)13(16)6-5-11-3-2-8-18-11/h4,7,9,11,13H,2-3,5-6,8,16H2,1H3. The molecule has 1 saturated heterocycles. The van der Waals surface area contributed by atoms with Gasteiger partial charge in [0.05, 0.1) is 17.7 Å². The van der Waals surface area contributed by atoms with Crippen LogP contribution < -0.4 is 10.5 Å². The summed E-state index contributed by atoms with van der Waals surface area (Å²) in [6, 6.07) is 6.09. The van der Waals surface area contributed by atoms with Crippen molar-refractivity contribution in [1.29, 1.82) is 0 Å². The highest BCUT2D eigenvalue weighted by Crippen LogP contribution is 2.29. The van der Waals surface area contributed by atoms with E-state index in [9.17, 15) is 0 Å². The van der Waals surface area contributed by atoms with Gasteiger partial charge in [-0.3, -0.25) is 0 Å². The van der Waals surface area contributed by atoms with E-state index in [4.69, 9.17) is 15.2 Å². The van der Waals surface area contributed by atoms with E-state index in [1.54, 1.807) is 7.11 Å². The molecule has 100 valence electrons. The van der Waals surface area contributed by atoms with Crippen molar-refractivity contribution in [2.75, 3.05) is 13.7 Å². The maximum absolute atomic E-state index is 6.22. The minimum Gasteiger partial charge on any atom is -0.496 e. The Hall–Kier alpha value is -0.580. The molecule has 2 rings (SSSR count). The minimum atomic E-state index is 0.0661. The van der Waals surface area contributed by atoms with E-state index >= 15 is 0 Å². The minimum absolute atomic E-state index is 0.0661. The van der Waals surface area contributed by atoms with Crippen molar-refractivity contribution in [3.63, 3.8) is 0 Å². The van der Waals surface area contributed by atoms with Gasteiger partial charge in [0.15, 0.2) is 0 Å². The zero-order valence-electron chi connectivity index (χ0n) is 10.7. The van der Waals surface area contributed by atoms with Gasteiger partial charge in [0.1, 0.15) is 5.75 Å². The van der Waals surface area contributed by atoms with E-state index < -0.39 is 0 Å². The number of methoxy groups -OCH3 is 1. The van der Waals surface area contributed by atoms with Crippen molar-refractivity contribution < 1.29 is 9.47 Å². The normalized spacial score (nSPS) is 20.9. The largest absolute Gasteiger partial charge is 0.496 e. The zero-order valence-corrected chi connectivity index (χ0v) is 12.3. The molecule has 0 bridgehead atoms. The quantitative estimate of drug-likeness (QED) is 0.906. The van der Waals surface area contributed by atoms with Gasteiger partial charge < -0.3 is 15.2 Å². The predicted molar refractivity (Wildman–Crippen MR) is 75.8 cm³/mol. The molecule has 4 heteroatoms. The van der Waals surface area contributed by atoms with Crippen molar-refractivity contribution in [1.82, 2.24) is 0 Å². The summed E-state index contributed by atoms with van der Waals surface area (Å²) in [6.07, 6.45) is 4.79. The Labute approximate surface area is 117 Å². The molecule has 1 aromatic carbocycles. The average Bonchev–Trinajstić information content (AvgIpc) is 2.89. The Balaban J connectivity index is 1.91. The third-order valence-corrected chi connectivity index (χ3v) is 4.05. The molecule has 2 atom stereocenters. The van der Waals surface area contributed by atoms with Crippen LogP contribution in [0.1, 0.15) is 37.3 Å². The Bertz CT molecular complexity index is 391. The van der Waals surface area contributed by atoms with Gasteiger partial charge in [-0.25, -0.2) is 0 Å². The van der Waals surface area contributed by atoms with E-state index in [0.717, 1.165) is 35.2 Å². The Morgan fingerprint density at radius 1 is 1.56 bits per heavy atom. The summed E-state index contributed by atoms with van der Waals surface area (Å²) in [4.78, 5) is 0. The molecular weight excluding hydrogens is 294 g/mol. The van der Waals surface area contributed by atoms with Gasteiger partial charge in [0.2, 0.25) is 0 Å². The predicted octanol–water partition coefficient (Wildman–Crippen LogP) is 3.42. The van der Waals surface area contributed by atoms with Crippen LogP contribution in [0.5, 0.6) is 5.75 Å². The lowest BCUT2D eigenvalue weighted by atomic mass is 10.00. The topological polar surface area (TPSA) is 44.5 Å². The third-order valence-electron chi connectivity index (χ3n) is 3.43. The van der Waals surface area contributed by atoms with Gasteiger partial charge in [-0.15, -0.1) is 0 Å². The van der Waals surface area contributed by atoms with Gasteiger partial charge in [-0.1, -0.05) is 6.07 Å². The van der Waals surface area contributed by atoms with E-state index in [2.05, 4.69) is 15.9 Å². The van der Waals surface area contributed by atoms with E-state index in [0.29, 0.717) is 6.10 Å². The number of ether oxygens (including phenoxy) is 2. The van der Waals surface area contributed by atoms with E-state index in [1.807, 2.05) is 18.2 Å². The van der Waals surface area contributed by atoms with Crippen molar-refractivity contribution in [2.24, 2.45) is 5.73 Å². The van der Waals surface area contributed by atoms with Gasteiger partial charge in [0.25, 0.3) is 0 Å². The fraction of sp³-hybridized carbons (Fsp3) is 0.571. The van der Waals surface area contributed by atoms with Crippen LogP contribution in [0, 0.1) is 0 Å². The fourth-order valence-electron chi connectivity index (χ4n) is 2.32. The van der Waals surface area contributed by atoms with Gasteiger partial charge in [0, 0.05) is 12.6 Å². The number of hydrogen-bond donors (Lipinski definition) is 1. The summed E-state index contributed by atoms with van der Waals surface area (Å²) in [7, 11) is 1.66. The first-order valence-corrected chi connectivity index (χ1v) is 7.20. The molecule has 1 aromatic rings. The average molecular weight is 314 g/mol. The lowest BCUT2D eigenvalue weighted by Crippen LogP contribution is -2.14. The molecular formula is C14H20BrNO2. The lowest BCUT2D eigenvalue weighted by molar-refractivity contribution is 0.101. The molecule has 1 fully saturated rings. The van der Waals surface area contributed by atoms with Crippen LogP contribution in [0.25, 0.3) is 0 Å². The van der Waals surface area contributed by atoms with Crippen molar-refractivity contribution in [3.8, 4) is 5.75 Å². The number of benzene rings is 1. The van der Waals surface area contributed by atoms with Crippen molar-refractivity contribution >= 4 is 15.9 Å². The van der Waals surface area contributed by atoms with Crippen LogP contribution in [0.2, 0.25) is 0 Å². The number of halogens is 1. The number of nitrogens with two attached hydrogens (primary N) is 1. The Morgan fingerprint density at radius 3 is 3.00 bits per heavy atom. The summed E-state index contributed by atoms with van der Waals surface area (Å²) in [5.74, 6) is 0.838. The smallest absolute Gasteiger partial charge is 0.133 e. The summed E-state index contributed by atoms with van der Waals surface area (Å²) < 4.78 is 11.8. The second-order valence-electron chi connectivity index (χ2n) is 4.71. The van der Waals surface area contributed by atoms with Gasteiger partial charge in [-0.2, -0.15) is 0 Å². The number of rotatable bonds is 5. The fourth-order valence-corrected chi connectivity index (χ4v) is 2.88. The molecule has 1 heterocycles. The van der Waals surface area contributed by atoms with Gasteiger partial charge >= 0.3 is 0 Å². The molecule has 1 aliphatic heterocycles. The molecule has 1 aliphatic rings. The number of hydrogen-bond acceptors (Lipinski definition) is 3. The summed E-state index contributed by atoms with van der Waals surface area (Å²) in [6.45, 7) is 0.911. The van der Waals surface area contributed by atoms with Crippen LogP contribution in [0.3, 0.4) is 0 Å². The molecule has 0 amide bonds. The summed E-state index contributed by atoms with van der Waals surface area (Å²) >= 11 is 3.49. The monoisotopic (exact) mass is 313 g/mol. The summed E-state index contributed by atoms with van der Waals surface area (Å²) in [5, 5.41) is 0. The highest BCUT2D eigenvalue weighted by molar-refractivity contribution is 9.10. The molecule has 0 radical (unpaired) electrons. The maximum atomic E-state index is 6.22. The first-order chi connectivity index (χ1) is 8.70. The van der Waals surface area contributed by atoms with Crippen LogP contribution in [-0.4, -0.2) is 19.8 Å². The van der Waals surface area contributed by atoms with Crippen LogP contribution in [0.15, 0.2) is 22.7 Å². The SMILES string of the molecule is COc1ccc(C(N)CCC2CCCO2)cc1Br. The first-order valence-electron chi connectivity index (χ1n) is 6.41. The molecule has 2 N–H and O–H groups in total. The van der Waals surface area contributed by atoms with Gasteiger partial charge in [-0.05, 0) is 59.3 Å². The van der Waals surface area contributed by atoms with Crippen molar-refractivity contribution in [3.05, 3.63) is 28.2 Å². The highest BCUT2D eigenvalue weighted by Gasteiger charge is 2.17. The molecule has 0 aromatic heterocycles. The first kappa shape index (κ1) is 13.8. The maximum Gasteiger partial charge on any atom is 0.133 e. The molecule has 0 saturated carbocycles. The Morgan fingerprint density at radius 2 is 2.39 bits per heavy atom. The zero-order chi connectivity index (χ0) is 13.0. The Kier molecular flexibility index (Phi) is 5.03. The molecule has 18 heavy (non-hydrogen) atoms. The van der Waals surface area contributed by atoms with E-state index in [1.165, 1.54) is 12.8 Å². The molecule has 3 nitrogen and oxygen atoms in total. The summed E-state index contributed by atoms with van der Waals surface area (Å²) in [5.41, 5.74) is 7.36. The van der Waals surface area contributed by atoms with Crippen LogP contribution >= 0.6 is 15.9 Å². The third kappa shape index (κ3) is 3.46. The molecule has 0 aliphatic carbocycles. The lowest BCUT2D eigenvalue weighted by Gasteiger charge is -2.16. The van der Waals surface area contributed by atoms with Crippen LogP contribution in [0.4, 0.5) is 0 Å². The molecule has 2 unspecified atom stereocenters. The second kappa shape index (κ2) is 6.55. The van der Waals surface area contributed by atoms with E-state index in [-0.39, 0.29) is 6.04 Å². The second-order valence-corrected chi connectivity index (χ2v) is 5.57.